The molecule has 0 aromatic heterocycles. The van der Waals surface area contributed by atoms with E-state index >= 15 is 0 Å². The van der Waals surface area contributed by atoms with E-state index in [1.807, 2.05) is 13.8 Å². The maximum absolute atomic E-state index is 12.4. The molecule has 2 aliphatic rings. The largest absolute Gasteiger partial charge is 0.481 e. The zero-order valence-corrected chi connectivity index (χ0v) is 13.9. The summed E-state index contributed by atoms with van der Waals surface area (Å²) >= 11 is 0. The minimum Gasteiger partial charge on any atom is -0.481 e. The maximum Gasteiger partial charge on any atom is 0.307 e. The summed E-state index contributed by atoms with van der Waals surface area (Å²) in [6, 6.07) is 0.0922. The van der Waals surface area contributed by atoms with Crippen LogP contribution in [0.2, 0.25) is 0 Å². The van der Waals surface area contributed by atoms with Gasteiger partial charge in [0.15, 0.2) is 0 Å². The molecule has 120 valence electrons. The van der Waals surface area contributed by atoms with Crippen molar-refractivity contribution in [2.45, 2.75) is 71.5 Å². The van der Waals surface area contributed by atoms with Crippen molar-refractivity contribution in [1.29, 1.82) is 0 Å². The molecule has 3 N–H and O–H groups in total. The Bertz CT molecular complexity index is 452. The Morgan fingerprint density at radius 2 is 1.48 bits per heavy atom. The molecule has 1 aliphatic heterocycles. The fourth-order valence-electron chi connectivity index (χ4n) is 4.30. The molecule has 0 aromatic carbocycles. The number of piperidine rings is 1. The highest BCUT2D eigenvalue weighted by Crippen LogP contribution is 2.58. The lowest BCUT2D eigenvalue weighted by Crippen LogP contribution is -2.62. The summed E-state index contributed by atoms with van der Waals surface area (Å²) in [4.78, 5) is 23.6. The number of carbonyl (C=O) groups excluding carboxylic acids is 1. The van der Waals surface area contributed by atoms with E-state index in [0.717, 1.165) is 12.8 Å². The van der Waals surface area contributed by atoms with Gasteiger partial charge in [0.05, 0.1) is 11.8 Å². The van der Waals surface area contributed by atoms with Crippen LogP contribution in [0.5, 0.6) is 0 Å². The Hall–Kier alpha value is -1.10. The first kappa shape index (κ1) is 16.3. The molecule has 0 spiro atoms. The Morgan fingerprint density at radius 3 is 1.86 bits per heavy atom. The zero-order chi connectivity index (χ0) is 16.2. The standard InChI is InChI=1S/C16H28N2O3/c1-14(2)7-9(8-15(3,4)18-14)17-12(19)10-11(13(20)21)16(10,5)6/h9-11,18H,7-8H2,1-6H3,(H,17,19)(H,20,21)/t10-,11+/m1/s1. The molecule has 1 saturated carbocycles. The van der Waals surface area contributed by atoms with Gasteiger partial charge >= 0.3 is 5.97 Å². The van der Waals surface area contributed by atoms with E-state index in [4.69, 9.17) is 0 Å². The highest BCUT2D eigenvalue weighted by Gasteiger charge is 2.66. The van der Waals surface area contributed by atoms with Crippen molar-refractivity contribution in [2.24, 2.45) is 17.3 Å². The SMILES string of the molecule is CC1(C)CC(NC(=O)[C@H]2[C@@H](C(=O)O)C2(C)C)CC(C)(C)N1. The number of nitrogens with one attached hydrogen (secondary N) is 2. The quantitative estimate of drug-likeness (QED) is 0.741. The maximum atomic E-state index is 12.4. The number of hydrogen-bond acceptors (Lipinski definition) is 3. The van der Waals surface area contributed by atoms with Crippen molar-refractivity contribution in [2.75, 3.05) is 0 Å². The molecule has 2 rings (SSSR count). The first-order valence-corrected chi connectivity index (χ1v) is 7.68. The zero-order valence-electron chi connectivity index (χ0n) is 13.9. The molecule has 5 nitrogen and oxygen atoms in total. The first-order valence-electron chi connectivity index (χ1n) is 7.68. The molecule has 1 saturated heterocycles. The van der Waals surface area contributed by atoms with Crippen LogP contribution >= 0.6 is 0 Å². The van der Waals surface area contributed by atoms with Gasteiger partial charge in [-0.25, -0.2) is 0 Å². The average molecular weight is 296 g/mol. The highest BCUT2D eigenvalue weighted by molar-refractivity contribution is 5.91. The van der Waals surface area contributed by atoms with Crippen LogP contribution in [0.4, 0.5) is 0 Å². The second kappa shape index (κ2) is 4.70. The Balaban J connectivity index is 2.02. The highest BCUT2D eigenvalue weighted by atomic mass is 16.4. The van der Waals surface area contributed by atoms with Gasteiger partial charge in [-0.05, 0) is 46.0 Å². The van der Waals surface area contributed by atoms with E-state index in [1.165, 1.54) is 0 Å². The third-order valence-electron chi connectivity index (χ3n) is 4.91. The predicted octanol–water partition coefficient (Wildman–Crippen LogP) is 1.77. The average Bonchev–Trinajstić information content (AvgIpc) is 2.76. The topological polar surface area (TPSA) is 78.4 Å². The Labute approximate surface area is 126 Å². The number of hydrogen-bond donors (Lipinski definition) is 3. The number of carboxylic acid groups (broad SMARTS) is 1. The van der Waals surface area contributed by atoms with Gasteiger partial charge in [0.2, 0.25) is 5.91 Å². The van der Waals surface area contributed by atoms with E-state index in [2.05, 4.69) is 38.3 Å². The molecule has 2 atom stereocenters. The molecular formula is C16H28N2O3. The third kappa shape index (κ3) is 3.23. The lowest BCUT2D eigenvalue weighted by Gasteiger charge is -2.46. The van der Waals surface area contributed by atoms with Crippen LogP contribution in [0.1, 0.15) is 54.4 Å². The molecule has 5 heteroatoms. The summed E-state index contributed by atoms with van der Waals surface area (Å²) < 4.78 is 0. The lowest BCUT2D eigenvalue weighted by atomic mass is 9.79. The molecule has 0 radical (unpaired) electrons. The molecular weight excluding hydrogens is 268 g/mol. The van der Waals surface area contributed by atoms with Crippen LogP contribution in [0, 0.1) is 17.3 Å². The van der Waals surface area contributed by atoms with E-state index < -0.39 is 23.2 Å². The number of aliphatic carboxylic acids is 1. The van der Waals surface area contributed by atoms with Gasteiger partial charge in [-0.1, -0.05) is 13.8 Å². The molecule has 0 unspecified atom stereocenters. The van der Waals surface area contributed by atoms with Crippen molar-refractivity contribution >= 4 is 11.9 Å². The van der Waals surface area contributed by atoms with Crippen LogP contribution < -0.4 is 10.6 Å². The summed E-state index contributed by atoms with van der Waals surface area (Å²) in [5, 5.41) is 15.9. The number of amides is 1. The van der Waals surface area contributed by atoms with Crippen LogP contribution in [0.15, 0.2) is 0 Å². The van der Waals surface area contributed by atoms with Crippen molar-refractivity contribution < 1.29 is 14.7 Å². The summed E-state index contributed by atoms with van der Waals surface area (Å²) in [6.07, 6.45) is 1.71. The van der Waals surface area contributed by atoms with E-state index in [9.17, 15) is 14.7 Å². The van der Waals surface area contributed by atoms with E-state index in [0.29, 0.717) is 0 Å². The fourth-order valence-corrected chi connectivity index (χ4v) is 4.30. The van der Waals surface area contributed by atoms with Gasteiger partial charge in [-0.2, -0.15) is 0 Å². The first-order chi connectivity index (χ1) is 9.36. The van der Waals surface area contributed by atoms with Gasteiger partial charge in [0, 0.05) is 17.1 Å². The van der Waals surface area contributed by atoms with Gasteiger partial charge in [0.1, 0.15) is 0 Å². The van der Waals surface area contributed by atoms with Crippen molar-refractivity contribution in [3.63, 3.8) is 0 Å². The lowest BCUT2D eigenvalue weighted by molar-refractivity contribution is -0.140. The van der Waals surface area contributed by atoms with Crippen molar-refractivity contribution in [3.8, 4) is 0 Å². The van der Waals surface area contributed by atoms with E-state index in [-0.39, 0.29) is 23.0 Å². The van der Waals surface area contributed by atoms with Gasteiger partial charge in [-0.3, -0.25) is 9.59 Å². The van der Waals surface area contributed by atoms with Crippen molar-refractivity contribution in [1.82, 2.24) is 10.6 Å². The number of carboxylic acids is 1. The van der Waals surface area contributed by atoms with E-state index in [1.54, 1.807) is 0 Å². The summed E-state index contributed by atoms with van der Waals surface area (Å²) in [6.45, 7) is 12.2. The molecule has 1 amide bonds. The second-order valence-electron chi connectivity index (χ2n) is 8.62. The monoisotopic (exact) mass is 296 g/mol. The van der Waals surface area contributed by atoms with Crippen LogP contribution in [-0.4, -0.2) is 34.1 Å². The summed E-state index contributed by atoms with van der Waals surface area (Å²) in [5.74, 6) is -1.94. The normalized spacial score (nSPS) is 33.2. The van der Waals surface area contributed by atoms with Crippen LogP contribution in [0.25, 0.3) is 0 Å². The molecule has 21 heavy (non-hydrogen) atoms. The van der Waals surface area contributed by atoms with Crippen LogP contribution in [0.3, 0.4) is 0 Å². The van der Waals surface area contributed by atoms with Crippen molar-refractivity contribution in [3.05, 3.63) is 0 Å². The van der Waals surface area contributed by atoms with Gasteiger partial charge < -0.3 is 15.7 Å². The third-order valence-corrected chi connectivity index (χ3v) is 4.91. The Kier molecular flexibility index (Phi) is 3.64. The molecule has 1 heterocycles. The van der Waals surface area contributed by atoms with Gasteiger partial charge in [-0.15, -0.1) is 0 Å². The smallest absolute Gasteiger partial charge is 0.307 e. The molecule has 1 aliphatic carbocycles. The Morgan fingerprint density at radius 1 is 1.00 bits per heavy atom. The second-order valence-corrected chi connectivity index (χ2v) is 8.62. The molecule has 0 bridgehead atoms. The predicted molar refractivity (Wildman–Crippen MR) is 80.9 cm³/mol. The summed E-state index contributed by atoms with van der Waals surface area (Å²) in [5.41, 5.74) is -0.510. The fraction of sp³-hybridized carbons (Fsp3) is 0.875. The molecule has 0 aromatic rings. The minimum atomic E-state index is -0.869. The van der Waals surface area contributed by atoms with Crippen LogP contribution in [-0.2, 0) is 9.59 Å². The molecule has 2 fully saturated rings. The minimum absolute atomic E-state index is 0.0367. The van der Waals surface area contributed by atoms with Gasteiger partial charge in [0.25, 0.3) is 0 Å². The summed E-state index contributed by atoms with van der Waals surface area (Å²) in [7, 11) is 0. The number of carbonyl (C=O) groups is 2. The number of rotatable bonds is 3.